The van der Waals surface area contributed by atoms with Gasteiger partial charge in [-0.05, 0) is 104 Å². The van der Waals surface area contributed by atoms with E-state index in [1.165, 1.54) is 39.7 Å². The van der Waals surface area contributed by atoms with E-state index in [0.717, 1.165) is 41.7 Å². The summed E-state index contributed by atoms with van der Waals surface area (Å²) in [7, 11) is 0. The molecule has 8 rings (SSSR count). The van der Waals surface area contributed by atoms with E-state index >= 15 is 0 Å². The first-order valence-corrected chi connectivity index (χ1v) is 14.8. The van der Waals surface area contributed by atoms with Crippen LogP contribution in [0.3, 0.4) is 0 Å². The molecule has 2 heterocycles. The average molecular weight is 543 g/mol. The van der Waals surface area contributed by atoms with Crippen molar-refractivity contribution in [2.75, 3.05) is 0 Å². The number of ketones is 1. The van der Waals surface area contributed by atoms with Gasteiger partial charge >= 0.3 is 0 Å². The van der Waals surface area contributed by atoms with Crippen LogP contribution in [-0.2, 0) is 6.42 Å². The number of hydrogen-bond acceptors (Lipinski definition) is 1. The first-order valence-electron chi connectivity index (χ1n) is 14.8. The fourth-order valence-electron chi connectivity index (χ4n) is 6.67. The van der Waals surface area contributed by atoms with Gasteiger partial charge in [0, 0.05) is 44.5 Å². The number of benzene rings is 4. The minimum atomic E-state index is 0.0308. The fraction of sp³-hybridized carbons (Fsp3) is 0.103. The smallest absolute Gasteiger partial charge is 0.193 e. The SMILES string of the molecule is O=C(c1ccc(-n2c3c(c4c2C=CCCC4)C=CCC=C3)cc1)c1ccc(-n2c3ccccc3c3ccccc32)cc1. The molecule has 0 bridgehead atoms. The molecule has 2 aliphatic rings. The third kappa shape index (κ3) is 3.93. The molecule has 42 heavy (non-hydrogen) atoms. The van der Waals surface area contributed by atoms with Gasteiger partial charge in [-0.1, -0.05) is 60.7 Å². The van der Waals surface area contributed by atoms with Crippen LogP contribution >= 0.6 is 0 Å². The Morgan fingerprint density at radius 3 is 1.81 bits per heavy atom. The molecule has 0 unspecified atom stereocenters. The van der Waals surface area contributed by atoms with Crippen LogP contribution in [0.2, 0.25) is 0 Å². The van der Waals surface area contributed by atoms with Crippen molar-refractivity contribution in [1.29, 1.82) is 0 Å². The number of carbonyl (C=O) groups excluding carboxylic acids is 1. The number of allylic oxidation sites excluding steroid dienone is 3. The minimum Gasteiger partial charge on any atom is -0.310 e. The second kappa shape index (κ2) is 10.0. The van der Waals surface area contributed by atoms with Gasteiger partial charge in [-0.25, -0.2) is 0 Å². The molecule has 3 heteroatoms. The molecule has 0 radical (unpaired) electrons. The molecule has 2 aromatic heterocycles. The number of fused-ring (bicyclic) bond motifs is 6. The van der Waals surface area contributed by atoms with Gasteiger partial charge in [0.05, 0.1) is 16.7 Å². The van der Waals surface area contributed by atoms with E-state index in [1.54, 1.807) is 0 Å². The highest BCUT2D eigenvalue weighted by Gasteiger charge is 2.21. The second-order valence-electron chi connectivity index (χ2n) is 11.1. The summed E-state index contributed by atoms with van der Waals surface area (Å²) in [6, 6.07) is 33.1. The summed E-state index contributed by atoms with van der Waals surface area (Å²) in [5.41, 5.74) is 11.1. The van der Waals surface area contributed by atoms with Crippen molar-refractivity contribution in [2.24, 2.45) is 0 Å². The van der Waals surface area contributed by atoms with Crippen molar-refractivity contribution in [3.63, 3.8) is 0 Å². The first-order chi connectivity index (χ1) is 20.8. The average Bonchev–Trinajstić information content (AvgIpc) is 3.25. The van der Waals surface area contributed by atoms with Gasteiger partial charge in [0.1, 0.15) is 0 Å². The maximum atomic E-state index is 13.6. The Balaban J connectivity index is 1.13. The molecule has 0 spiro atoms. The maximum Gasteiger partial charge on any atom is 0.193 e. The van der Waals surface area contributed by atoms with Gasteiger partial charge in [0.2, 0.25) is 0 Å². The van der Waals surface area contributed by atoms with Crippen molar-refractivity contribution in [3.05, 3.63) is 149 Å². The van der Waals surface area contributed by atoms with E-state index in [-0.39, 0.29) is 5.78 Å². The maximum absolute atomic E-state index is 13.6. The van der Waals surface area contributed by atoms with E-state index in [0.29, 0.717) is 11.1 Å². The van der Waals surface area contributed by atoms with Crippen LogP contribution in [0.4, 0.5) is 0 Å². The summed E-state index contributed by atoms with van der Waals surface area (Å²) in [6.07, 6.45) is 17.9. The van der Waals surface area contributed by atoms with Crippen LogP contribution in [0.1, 0.15) is 57.7 Å². The van der Waals surface area contributed by atoms with Crippen LogP contribution in [0.15, 0.2) is 115 Å². The lowest BCUT2D eigenvalue weighted by atomic mass is 10.0. The topological polar surface area (TPSA) is 26.9 Å². The zero-order valence-electron chi connectivity index (χ0n) is 23.3. The molecule has 202 valence electrons. The zero-order valence-corrected chi connectivity index (χ0v) is 23.3. The molecule has 0 saturated heterocycles. The minimum absolute atomic E-state index is 0.0308. The molecule has 0 N–H and O–H groups in total. The Bertz CT molecular complexity index is 2030. The number of nitrogens with zero attached hydrogens (tertiary/aromatic N) is 2. The van der Waals surface area contributed by atoms with Gasteiger partial charge in [-0.2, -0.15) is 0 Å². The Morgan fingerprint density at radius 1 is 0.571 bits per heavy atom. The van der Waals surface area contributed by atoms with Crippen LogP contribution in [0, 0.1) is 0 Å². The highest BCUT2D eigenvalue weighted by atomic mass is 16.1. The Morgan fingerprint density at radius 2 is 1.14 bits per heavy atom. The molecule has 3 nitrogen and oxygen atoms in total. The van der Waals surface area contributed by atoms with Gasteiger partial charge in [-0.15, -0.1) is 0 Å². The molecule has 2 aliphatic carbocycles. The predicted octanol–water partition coefficient (Wildman–Crippen LogP) is 9.58. The third-order valence-corrected chi connectivity index (χ3v) is 8.65. The lowest BCUT2D eigenvalue weighted by molar-refractivity contribution is 0.103. The molecule has 0 aliphatic heterocycles. The van der Waals surface area contributed by atoms with Crippen molar-refractivity contribution < 1.29 is 4.79 Å². The van der Waals surface area contributed by atoms with Crippen LogP contribution in [0.25, 0.3) is 51.4 Å². The molecule has 0 fully saturated rings. The summed E-state index contributed by atoms with van der Waals surface area (Å²) in [5, 5.41) is 2.46. The third-order valence-electron chi connectivity index (χ3n) is 8.65. The summed E-state index contributed by atoms with van der Waals surface area (Å²) < 4.78 is 4.63. The molecular weight excluding hydrogens is 512 g/mol. The molecule has 4 aromatic carbocycles. The van der Waals surface area contributed by atoms with E-state index < -0.39 is 0 Å². The zero-order chi connectivity index (χ0) is 28.0. The monoisotopic (exact) mass is 542 g/mol. The van der Waals surface area contributed by atoms with Crippen LogP contribution in [0.5, 0.6) is 0 Å². The van der Waals surface area contributed by atoms with Crippen molar-refractivity contribution in [2.45, 2.75) is 25.7 Å². The fourth-order valence-corrected chi connectivity index (χ4v) is 6.67. The molecule has 0 amide bonds. The van der Waals surface area contributed by atoms with E-state index in [9.17, 15) is 4.79 Å². The Labute approximate surface area is 245 Å². The van der Waals surface area contributed by atoms with E-state index in [2.05, 4.69) is 118 Å². The number of para-hydroxylation sites is 2. The van der Waals surface area contributed by atoms with Gasteiger partial charge in [0.25, 0.3) is 0 Å². The second-order valence-corrected chi connectivity index (χ2v) is 11.1. The van der Waals surface area contributed by atoms with Crippen LogP contribution in [-0.4, -0.2) is 14.9 Å². The number of hydrogen-bond donors (Lipinski definition) is 0. The summed E-state index contributed by atoms with van der Waals surface area (Å²) in [6.45, 7) is 0. The quantitative estimate of drug-likeness (QED) is 0.204. The lowest BCUT2D eigenvalue weighted by Crippen LogP contribution is -2.04. The number of aromatic nitrogens is 2. The van der Waals surface area contributed by atoms with Crippen LogP contribution < -0.4 is 0 Å². The first kappa shape index (κ1) is 24.6. The van der Waals surface area contributed by atoms with Gasteiger partial charge in [0.15, 0.2) is 5.78 Å². The van der Waals surface area contributed by atoms with Gasteiger partial charge < -0.3 is 9.13 Å². The highest BCUT2D eigenvalue weighted by Crippen LogP contribution is 2.35. The predicted molar refractivity (Wildman–Crippen MR) is 175 cm³/mol. The van der Waals surface area contributed by atoms with Crippen molar-refractivity contribution >= 4 is 45.8 Å². The standard InChI is InChI=1S/C39H30N2O/c42-39(28-21-25-30(26-22-28)41-37-17-9-7-13-33(37)34-14-8-10-18-38(34)41)27-19-23-29(24-20-27)40-35-15-5-1-3-11-31(35)32-12-4-2-6-16-36(32)40/h3,5-11,13-26H,1-2,4,12H2. The molecule has 0 saturated carbocycles. The number of carbonyl (C=O) groups is 1. The Kier molecular flexibility index (Phi) is 5.89. The molecular formula is C39H30N2O. The summed E-state index contributed by atoms with van der Waals surface area (Å²) in [5.74, 6) is 0.0308. The molecule has 0 atom stereocenters. The lowest BCUT2D eigenvalue weighted by Gasteiger charge is -2.12. The van der Waals surface area contributed by atoms with Crippen molar-refractivity contribution in [1.82, 2.24) is 9.13 Å². The summed E-state index contributed by atoms with van der Waals surface area (Å²) >= 11 is 0. The Hall–Kier alpha value is -5.15. The largest absolute Gasteiger partial charge is 0.310 e. The normalized spacial score (nSPS) is 14.1. The highest BCUT2D eigenvalue weighted by molar-refractivity contribution is 6.10. The molecule has 6 aromatic rings. The number of rotatable bonds is 4. The van der Waals surface area contributed by atoms with Crippen molar-refractivity contribution in [3.8, 4) is 11.4 Å². The van der Waals surface area contributed by atoms with E-state index in [1.807, 2.05) is 24.3 Å². The van der Waals surface area contributed by atoms with Gasteiger partial charge in [-0.3, -0.25) is 4.79 Å². The summed E-state index contributed by atoms with van der Waals surface area (Å²) in [4.78, 5) is 13.6. The van der Waals surface area contributed by atoms with E-state index in [4.69, 9.17) is 0 Å².